The van der Waals surface area contributed by atoms with Crippen LogP contribution in [0.2, 0.25) is 0 Å². The van der Waals surface area contributed by atoms with Crippen LogP contribution in [0.3, 0.4) is 0 Å². The molecule has 7 heteroatoms. The molecule has 0 saturated carbocycles. The zero-order valence-electron chi connectivity index (χ0n) is 13.2. The fourth-order valence-electron chi connectivity index (χ4n) is 2.51. The molecule has 0 aliphatic rings. The van der Waals surface area contributed by atoms with E-state index in [-0.39, 0.29) is 17.5 Å². The fraction of sp³-hybridized carbons (Fsp3) is 0.176. The van der Waals surface area contributed by atoms with E-state index in [1.807, 2.05) is 26.2 Å². The first kappa shape index (κ1) is 15.7. The predicted octanol–water partition coefficient (Wildman–Crippen LogP) is 2.16. The van der Waals surface area contributed by atoms with Gasteiger partial charge in [-0.3, -0.25) is 14.5 Å². The second kappa shape index (κ2) is 6.11. The Hall–Kier alpha value is -3.22. The molecule has 7 nitrogen and oxygen atoms in total. The minimum Gasteiger partial charge on any atom is -0.478 e. The van der Waals surface area contributed by atoms with E-state index in [0.29, 0.717) is 16.3 Å². The van der Waals surface area contributed by atoms with Crippen LogP contribution >= 0.6 is 0 Å². The third-order valence-electron chi connectivity index (χ3n) is 3.78. The summed E-state index contributed by atoms with van der Waals surface area (Å²) in [6.07, 6.45) is 4.65. The third kappa shape index (κ3) is 2.96. The average molecular weight is 324 g/mol. The van der Waals surface area contributed by atoms with Gasteiger partial charge in [-0.1, -0.05) is 6.07 Å². The Morgan fingerprint density at radius 2 is 2.04 bits per heavy atom. The Morgan fingerprint density at radius 1 is 1.25 bits per heavy atom. The number of hydrogen-bond donors (Lipinski definition) is 2. The number of carboxylic acid groups (broad SMARTS) is 1. The average Bonchev–Trinajstić information content (AvgIpc) is 3.00. The van der Waals surface area contributed by atoms with Crippen molar-refractivity contribution in [2.45, 2.75) is 13.0 Å². The molecule has 24 heavy (non-hydrogen) atoms. The normalized spacial score (nSPS) is 12.1. The highest BCUT2D eigenvalue weighted by molar-refractivity contribution is 6.05. The number of fused-ring (bicyclic) bond motifs is 1. The van der Waals surface area contributed by atoms with Crippen LogP contribution in [0, 0.1) is 0 Å². The highest BCUT2D eigenvalue weighted by atomic mass is 16.4. The number of hydrogen-bond acceptors (Lipinski definition) is 4. The van der Waals surface area contributed by atoms with E-state index < -0.39 is 5.97 Å². The van der Waals surface area contributed by atoms with Crippen molar-refractivity contribution in [1.29, 1.82) is 0 Å². The van der Waals surface area contributed by atoms with E-state index in [1.54, 1.807) is 29.1 Å². The topological polar surface area (TPSA) is 97.1 Å². The third-order valence-corrected chi connectivity index (χ3v) is 3.78. The molecule has 0 bridgehead atoms. The number of nitrogens with one attached hydrogen (secondary N) is 1. The number of aromatic carboxylic acids is 1. The van der Waals surface area contributed by atoms with Crippen LogP contribution in [0.5, 0.6) is 0 Å². The minimum atomic E-state index is -1.05. The van der Waals surface area contributed by atoms with Crippen molar-refractivity contribution in [2.24, 2.45) is 7.05 Å². The summed E-state index contributed by atoms with van der Waals surface area (Å²) in [5, 5.41) is 17.5. The molecule has 2 N–H and O–H groups in total. The van der Waals surface area contributed by atoms with Crippen molar-refractivity contribution in [3.63, 3.8) is 0 Å². The standard InChI is InChI=1S/C17H16N4O3/c1-10(15-5-6-21(2)20-15)19-16(22)11-3-4-13-12(7-11)8-18-9-14(13)17(23)24/h3-10H,1-2H3,(H,19,22)(H,23,24)/t10-/m0/s1. The van der Waals surface area contributed by atoms with E-state index in [1.165, 1.54) is 6.20 Å². The monoisotopic (exact) mass is 324 g/mol. The van der Waals surface area contributed by atoms with Gasteiger partial charge >= 0.3 is 5.97 Å². The Balaban J connectivity index is 1.86. The maximum Gasteiger partial charge on any atom is 0.337 e. The first-order valence-corrected chi connectivity index (χ1v) is 7.37. The molecular formula is C17H16N4O3. The van der Waals surface area contributed by atoms with E-state index in [9.17, 15) is 14.7 Å². The summed E-state index contributed by atoms with van der Waals surface area (Å²) in [5.74, 6) is -1.30. The predicted molar refractivity (Wildman–Crippen MR) is 87.8 cm³/mol. The molecule has 0 aliphatic heterocycles. The highest BCUT2D eigenvalue weighted by Gasteiger charge is 2.15. The van der Waals surface area contributed by atoms with Gasteiger partial charge in [0.15, 0.2) is 0 Å². The van der Waals surface area contributed by atoms with Crippen LogP contribution < -0.4 is 5.32 Å². The zero-order chi connectivity index (χ0) is 17.3. The summed E-state index contributed by atoms with van der Waals surface area (Å²) < 4.78 is 1.67. The van der Waals surface area contributed by atoms with Gasteiger partial charge in [0.25, 0.3) is 5.91 Å². The maximum atomic E-state index is 12.4. The van der Waals surface area contributed by atoms with Gasteiger partial charge in [-0.25, -0.2) is 4.79 Å². The van der Waals surface area contributed by atoms with Crippen molar-refractivity contribution >= 4 is 22.6 Å². The van der Waals surface area contributed by atoms with Gasteiger partial charge in [0.2, 0.25) is 0 Å². The molecule has 0 saturated heterocycles. The highest BCUT2D eigenvalue weighted by Crippen LogP contribution is 2.20. The molecule has 0 spiro atoms. The van der Waals surface area contributed by atoms with E-state index in [2.05, 4.69) is 15.4 Å². The van der Waals surface area contributed by atoms with Crippen molar-refractivity contribution in [3.8, 4) is 0 Å². The van der Waals surface area contributed by atoms with Crippen LogP contribution in [0.25, 0.3) is 10.8 Å². The summed E-state index contributed by atoms with van der Waals surface area (Å²) in [5.41, 5.74) is 1.32. The van der Waals surface area contributed by atoms with Gasteiger partial charge in [-0.15, -0.1) is 0 Å². The molecule has 2 aromatic heterocycles. The number of rotatable bonds is 4. The Bertz CT molecular complexity index is 932. The van der Waals surface area contributed by atoms with Gasteiger partial charge in [0.05, 0.1) is 17.3 Å². The number of pyridine rings is 1. The summed E-state index contributed by atoms with van der Waals surface area (Å²) in [6, 6.07) is 6.47. The summed E-state index contributed by atoms with van der Waals surface area (Å²) in [6.45, 7) is 1.85. The number of carbonyl (C=O) groups is 2. The lowest BCUT2D eigenvalue weighted by Crippen LogP contribution is -2.27. The molecule has 1 amide bonds. The number of nitrogens with zero attached hydrogens (tertiary/aromatic N) is 3. The van der Waals surface area contributed by atoms with Gasteiger partial charge in [0, 0.05) is 36.6 Å². The molecular weight excluding hydrogens is 308 g/mol. The molecule has 122 valence electrons. The van der Waals surface area contributed by atoms with Gasteiger partial charge < -0.3 is 10.4 Å². The number of aryl methyl sites for hydroxylation is 1. The minimum absolute atomic E-state index is 0.112. The van der Waals surface area contributed by atoms with Gasteiger partial charge in [-0.2, -0.15) is 5.10 Å². The van der Waals surface area contributed by atoms with Crippen molar-refractivity contribution in [1.82, 2.24) is 20.1 Å². The second-order valence-electron chi connectivity index (χ2n) is 5.54. The van der Waals surface area contributed by atoms with E-state index in [4.69, 9.17) is 0 Å². The van der Waals surface area contributed by atoms with Crippen molar-refractivity contribution in [3.05, 3.63) is 59.7 Å². The first-order chi connectivity index (χ1) is 11.5. The van der Waals surface area contributed by atoms with Crippen LogP contribution in [-0.2, 0) is 7.05 Å². The van der Waals surface area contributed by atoms with Crippen molar-refractivity contribution < 1.29 is 14.7 Å². The summed E-state index contributed by atoms with van der Waals surface area (Å²) in [4.78, 5) is 27.5. The largest absolute Gasteiger partial charge is 0.478 e. The lowest BCUT2D eigenvalue weighted by atomic mass is 10.0. The molecule has 1 atom stereocenters. The number of benzene rings is 1. The second-order valence-corrected chi connectivity index (χ2v) is 5.54. The van der Waals surface area contributed by atoms with E-state index in [0.717, 1.165) is 5.69 Å². The number of carbonyl (C=O) groups excluding carboxylic acids is 1. The zero-order valence-corrected chi connectivity index (χ0v) is 13.2. The molecule has 3 rings (SSSR count). The number of aromatic nitrogens is 3. The van der Waals surface area contributed by atoms with Crippen molar-refractivity contribution in [2.75, 3.05) is 0 Å². The molecule has 0 aliphatic carbocycles. The van der Waals surface area contributed by atoms with Gasteiger partial charge in [-0.05, 0) is 30.5 Å². The molecule has 2 heterocycles. The summed E-state index contributed by atoms with van der Waals surface area (Å²) in [7, 11) is 1.81. The lowest BCUT2D eigenvalue weighted by Gasteiger charge is -2.12. The SMILES string of the molecule is C[C@H](NC(=O)c1ccc2c(C(=O)O)cncc2c1)c1ccn(C)n1. The quantitative estimate of drug-likeness (QED) is 0.766. The van der Waals surface area contributed by atoms with Crippen LogP contribution in [0.1, 0.15) is 39.4 Å². The fourth-order valence-corrected chi connectivity index (χ4v) is 2.51. The Kier molecular flexibility index (Phi) is 3.99. The smallest absolute Gasteiger partial charge is 0.337 e. The van der Waals surface area contributed by atoms with E-state index >= 15 is 0 Å². The lowest BCUT2D eigenvalue weighted by molar-refractivity contribution is 0.0698. The van der Waals surface area contributed by atoms with Crippen LogP contribution in [0.4, 0.5) is 0 Å². The first-order valence-electron chi connectivity index (χ1n) is 7.37. The maximum absolute atomic E-state index is 12.4. The number of carboxylic acids is 1. The van der Waals surface area contributed by atoms with Gasteiger partial charge in [0.1, 0.15) is 0 Å². The molecule has 0 radical (unpaired) electrons. The Morgan fingerprint density at radius 3 is 2.71 bits per heavy atom. The number of amides is 1. The summed E-state index contributed by atoms with van der Waals surface area (Å²) >= 11 is 0. The van der Waals surface area contributed by atoms with Crippen LogP contribution in [-0.4, -0.2) is 31.7 Å². The molecule has 0 unspecified atom stereocenters. The molecule has 1 aromatic carbocycles. The molecule has 0 fully saturated rings. The van der Waals surface area contributed by atoms with Crippen LogP contribution in [0.15, 0.2) is 42.9 Å². The Labute approximate surface area is 137 Å². The molecule has 3 aromatic rings.